The van der Waals surface area contributed by atoms with Gasteiger partial charge in [-0.05, 0) is 73.2 Å². The number of carbonyl (C=O) groups is 5. The van der Waals surface area contributed by atoms with Crippen LogP contribution in [0.15, 0.2) is 79.0 Å². The van der Waals surface area contributed by atoms with Crippen molar-refractivity contribution in [1.82, 2.24) is 20.1 Å². The van der Waals surface area contributed by atoms with Crippen molar-refractivity contribution >= 4 is 51.9 Å². The van der Waals surface area contributed by atoms with Gasteiger partial charge in [-0.1, -0.05) is 30.3 Å². The first-order chi connectivity index (χ1) is 23.3. The number of pyridine rings is 1. The van der Waals surface area contributed by atoms with Crippen molar-refractivity contribution in [3.05, 3.63) is 90.1 Å². The molecule has 48 heavy (non-hydrogen) atoms. The molecule has 11 nitrogen and oxygen atoms in total. The molecule has 0 radical (unpaired) electrons. The van der Waals surface area contributed by atoms with E-state index in [1.54, 1.807) is 12.1 Å². The molecule has 0 saturated carbocycles. The van der Waals surface area contributed by atoms with Crippen LogP contribution in [0.25, 0.3) is 22.0 Å². The van der Waals surface area contributed by atoms with E-state index in [-0.39, 0.29) is 30.0 Å². The standard InChI is InChI=1S/C37H34N6O5/c44-33-12-11-32(34(45)39-33)43-35(46)29-10-9-27(19-30(29)36(43)47)41-21-23(22-41)13-16-40-14-4-15-42(37(40)48)28-7-3-6-24(18-28)26-17-25-5-1-2-8-31(25)38-20-26/h1-3,5-10,17-20,23,32H,4,11-16,21-22H2,(H,39,44,45). The summed E-state index contributed by atoms with van der Waals surface area (Å²) < 4.78 is 0. The Kier molecular flexibility index (Phi) is 7.39. The average Bonchev–Trinajstić information content (AvgIpc) is 3.33. The van der Waals surface area contributed by atoms with Gasteiger partial charge in [-0.25, -0.2) is 4.79 Å². The zero-order valence-corrected chi connectivity index (χ0v) is 26.3. The van der Waals surface area contributed by atoms with Gasteiger partial charge in [-0.15, -0.1) is 0 Å². The molecule has 242 valence electrons. The minimum atomic E-state index is -0.980. The fraction of sp³-hybridized carbons (Fsp3) is 0.297. The smallest absolute Gasteiger partial charge is 0.324 e. The van der Waals surface area contributed by atoms with Gasteiger partial charge in [0.2, 0.25) is 11.8 Å². The number of aromatic nitrogens is 1. The molecule has 11 heteroatoms. The molecular formula is C37H34N6O5. The van der Waals surface area contributed by atoms with Crippen molar-refractivity contribution < 1.29 is 24.0 Å². The van der Waals surface area contributed by atoms with Crippen molar-refractivity contribution in [2.45, 2.75) is 31.7 Å². The predicted octanol–water partition coefficient (Wildman–Crippen LogP) is 4.46. The highest BCUT2D eigenvalue weighted by atomic mass is 16.2. The molecule has 0 bridgehead atoms. The highest BCUT2D eigenvalue weighted by Gasteiger charge is 2.45. The molecule has 0 spiro atoms. The summed E-state index contributed by atoms with van der Waals surface area (Å²) in [5.41, 5.74) is 5.27. The second-order valence-electron chi connectivity index (χ2n) is 13.0. The molecule has 1 aromatic heterocycles. The molecule has 3 saturated heterocycles. The molecule has 4 aromatic rings. The summed E-state index contributed by atoms with van der Waals surface area (Å²) in [6.07, 6.45) is 3.85. The van der Waals surface area contributed by atoms with E-state index >= 15 is 0 Å². The van der Waals surface area contributed by atoms with Gasteiger partial charge in [0.15, 0.2) is 0 Å². The van der Waals surface area contributed by atoms with Gasteiger partial charge in [0, 0.05) is 67.7 Å². The van der Waals surface area contributed by atoms with Gasteiger partial charge in [-0.3, -0.25) is 39.3 Å². The fourth-order valence-corrected chi connectivity index (χ4v) is 7.27. The number of nitrogens with zero attached hydrogens (tertiary/aromatic N) is 5. The Morgan fingerprint density at radius 1 is 0.792 bits per heavy atom. The maximum absolute atomic E-state index is 13.6. The average molecular weight is 643 g/mol. The molecule has 4 aliphatic heterocycles. The number of carbonyl (C=O) groups excluding carboxylic acids is 5. The Hall–Kier alpha value is -5.58. The normalized spacial score (nSPS) is 20.0. The van der Waals surface area contributed by atoms with Crippen LogP contribution in [0.1, 0.15) is 46.4 Å². The topological polar surface area (TPSA) is 123 Å². The Morgan fingerprint density at radius 2 is 1.62 bits per heavy atom. The van der Waals surface area contributed by atoms with Crippen molar-refractivity contribution in [1.29, 1.82) is 0 Å². The number of piperidine rings is 1. The van der Waals surface area contributed by atoms with Gasteiger partial charge in [0.05, 0.1) is 16.6 Å². The minimum absolute atomic E-state index is 0.0218. The second-order valence-corrected chi connectivity index (χ2v) is 13.0. The summed E-state index contributed by atoms with van der Waals surface area (Å²) in [5.74, 6) is -1.63. The van der Waals surface area contributed by atoms with Crippen LogP contribution in [-0.4, -0.2) is 83.2 Å². The number of nitrogens with one attached hydrogen (secondary N) is 1. The van der Waals surface area contributed by atoms with Crippen LogP contribution in [-0.2, 0) is 9.59 Å². The molecule has 4 aliphatic rings. The summed E-state index contributed by atoms with van der Waals surface area (Å²) in [7, 11) is 0. The van der Waals surface area contributed by atoms with E-state index in [1.807, 2.05) is 58.5 Å². The van der Waals surface area contributed by atoms with Gasteiger partial charge in [0.25, 0.3) is 11.8 Å². The van der Waals surface area contributed by atoms with Crippen molar-refractivity contribution in [2.24, 2.45) is 5.92 Å². The molecule has 3 fully saturated rings. The Morgan fingerprint density at radius 3 is 2.48 bits per heavy atom. The number of hydrogen-bond donors (Lipinski definition) is 1. The number of imide groups is 2. The first-order valence-electron chi connectivity index (χ1n) is 16.5. The summed E-state index contributed by atoms with van der Waals surface area (Å²) in [6.45, 7) is 3.63. The number of anilines is 2. The third-order valence-corrected chi connectivity index (χ3v) is 9.95. The van der Waals surface area contributed by atoms with Gasteiger partial charge >= 0.3 is 6.03 Å². The number of hydrogen-bond acceptors (Lipinski definition) is 7. The quantitative estimate of drug-likeness (QED) is 0.295. The lowest BCUT2D eigenvalue weighted by atomic mass is 9.94. The van der Waals surface area contributed by atoms with Crippen LogP contribution in [0, 0.1) is 5.92 Å². The van der Waals surface area contributed by atoms with E-state index in [9.17, 15) is 24.0 Å². The highest BCUT2D eigenvalue weighted by molar-refractivity contribution is 6.23. The summed E-state index contributed by atoms with van der Waals surface area (Å²) in [4.78, 5) is 75.4. The van der Waals surface area contributed by atoms with Crippen LogP contribution in [0.4, 0.5) is 16.2 Å². The molecule has 6 amide bonds. The molecule has 8 rings (SSSR count). The molecule has 3 aromatic carbocycles. The summed E-state index contributed by atoms with van der Waals surface area (Å²) >= 11 is 0. The van der Waals surface area contributed by atoms with E-state index < -0.39 is 29.7 Å². The number of urea groups is 1. The van der Waals surface area contributed by atoms with Crippen molar-refractivity contribution in [2.75, 3.05) is 42.5 Å². The number of fused-ring (bicyclic) bond motifs is 2. The van der Waals surface area contributed by atoms with Crippen LogP contribution in [0.2, 0.25) is 0 Å². The van der Waals surface area contributed by atoms with Crippen LogP contribution in [0.5, 0.6) is 0 Å². The van der Waals surface area contributed by atoms with E-state index in [0.29, 0.717) is 19.0 Å². The molecule has 5 heterocycles. The largest absolute Gasteiger partial charge is 0.371 e. The minimum Gasteiger partial charge on any atom is -0.371 e. The lowest BCUT2D eigenvalue weighted by molar-refractivity contribution is -0.136. The maximum atomic E-state index is 13.6. The van der Waals surface area contributed by atoms with Gasteiger partial charge in [0.1, 0.15) is 6.04 Å². The number of para-hydroxylation sites is 1. The Labute approximate surface area is 277 Å². The Bertz CT molecular complexity index is 2010. The first kappa shape index (κ1) is 29.8. The monoisotopic (exact) mass is 642 g/mol. The molecule has 1 unspecified atom stereocenters. The van der Waals surface area contributed by atoms with E-state index in [1.165, 1.54) is 0 Å². The second kappa shape index (κ2) is 11.9. The summed E-state index contributed by atoms with van der Waals surface area (Å²) in [6, 6.07) is 22.5. The van der Waals surface area contributed by atoms with Crippen LogP contribution >= 0.6 is 0 Å². The lowest BCUT2D eigenvalue weighted by Gasteiger charge is -2.43. The predicted molar refractivity (Wildman–Crippen MR) is 180 cm³/mol. The van der Waals surface area contributed by atoms with E-state index in [4.69, 9.17) is 0 Å². The molecular weight excluding hydrogens is 608 g/mol. The lowest BCUT2D eigenvalue weighted by Crippen LogP contribution is -2.54. The number of benzene rings is 3. The van der Waals surface area contributed by atoms with E-state index in [0.717, 1.165) is 70.8 Å². The fourth-order valence-electron chi connectivity index (χ4n) is 7.27. The Balaban J connectivity index is 0.879. The van der Waals surface area contributed by atoms with Gasteiger partial charge < -0.3 is 9.80 Å². The number of amides is 6. The number of rotatable bonds is 7. The molecule has 1 atom stereocenters. The first-order valence-corrected chi connectivity index (χ1v) is 16.5. The van der Waals surface area contributed by atoms with E-state index in [2.05, 4.69) is 33.4 Å². The highest BCUT2D eigenvalue weighted by Crippen LogP contribution is 2.34. The van der Waals surface area contributed by atoms with Crippen molar-refractivity contribution in [3.63, 3.8) is 0 Å². The van der Waals surface area contributed by atoms with Crippen LogP contribution < -0.4 is 15.1 Å². The molecule has 1 N–H and O–H groups in total. The maximum Gasteiger partial charge on any atom is 0.324 e. The van der Waals surface area contributed by atoms with Gasteiger partial charge in [-0.2, -0.15) is 0 Å². The summed E-state index contributed by atoms with van der Waals surface area (Å²) in [5, 5.41) is 3.30. The van der Waals surface area contributed by atoms with Crippen LogP contribution in [0.3, 0.4) is 0 Å². The zero-order valence-electron chi connectivity index (χ0n) is 26.3. The molecule has 0 aliphatic carbocycles. The SMILES string of the molecule is O=C1CCC(N2C(=O)c3ccc(N4CC(CCN5CCCN(c6cccc(-c7cnc8ccccc8c7)c6)C5=O)C4)cc3C2=O)C(=O)N1. The zero-order chi connectivity index (χ0) is 32.9. The third kappa shape index (κ3) is 5.25. The third-order valence-electron chi connectivity index (χ3n) is 9.95. The van der Waals surface area contributed by atoms with Crippen molar-refractivity contribution in [3.8, 4) is 11.1 Å².